The predicted octanol–water partition coefficient (Wildman–Crippen LogP) is 5.08. The van der Waals surface area contributed by atoms with Crippen LogP contribution in [0.4, 0.5) is 4.39 Å². The fourth-order valence-electron chi connectivity index (χ4n) is 1.89. The van der Waals surface area contributed by atoms with Crippen LogP contribution in [0.15, 0.2) is 36.4 Å². The van der Waals surface area contributed by atoms with Crippen molar-refractivity contribution in [1.82, 2.24) is 5.32 Å². The molecule has 0 fully saturated rings. The van der Waals surface area contributed by atoms with E-state index in [0.29, 0.717) is 29.1 Å². The van der Waals surface area contributed by atoms with Crippen molar-refractivity contribution >= 4 is 11.6 Å². The largest absolute Gasteiger partial charge is 0.457 e. The highest BCUT2D eigenvalue weighted by Crippen LogP contribution is 2.30. The molecule has 21 heavy (non-hydrogen) atoms. The zero-order chi connectivity index (χ0) is 15.4. The fraction of sp³-hybridized carbons (Fsp3) is 0.294. The number of ether oxygens (including phenoxy) is 1. The van der Waals surface area contributed by atoms with Crippen molar-refractivity contribution in [2.75, 3.05) is 0 Å². The molecule has 2 aromatic rings. The summed E-state index contributed by atoms with van der Waals surface area (Å²) in [7, 11) is 0. The Morgan fingerprint density at radius 2 is 1.90 bits per heavy atom. The lowest BCUT2D eigenvalue weighted by Crippen LogP contribution is -2.22. The second-order valence-electron chi connectivity index (χ2n) is 5.30. The first-order valence-electron chi connectivity index (χ1n) is 6.91. The number of hydrogen-bond donors (Lipinski definition) is 1. The molecule has 0 heterocycles. The van der Waals surface area contributed by atoms with Crippen molar-refractivity contribution in [2.45, 2.75) is 33.4 Å². The Morgan fingerprint density at radius 1 is 1.14 bits per heavy atom. The Labute approximate surface area is 129 Å². The lowest BCUT2D eigenvalue weighted by Gasteiger charge is -2.15. The van der Waals surface area contributed by atoms with Crippen LogP contribution >= 0.6 is 11.6 Å². The first-order chi connectivity index (χ1) is 9.95. The van der Waals surface area contributed by atoms with E-state index in [1.165, 1.54) is 12.1 Å². The summed E-state index contributed by atoms with van der Waals surface area (Å²) in [4.78, 5) is 0. The summed E-state index contributed by atoms with van der Waals surface area (Å²) in [5.41, 5.74) is 1.86. The van der Waals surface area contributed by atoms with E-state index in [1.807, 2.05) is 19.1 Å². The summed E-state index contributed by atoms with van der Waals surface area (Å²) in [6.45, 7) is 6.70. The van der Waals surface area contributed by atoms with Gasteiger partial charge in [-0.25, -0.2) is 4.39 Å². The minimum Gasteiger partial charge on any atom is -0.457 e. The Kier molecular flexibility index (Phi) is 5.21. The number of nitrogens with one attached hydrogen (secondary N) is 1. The van der Waals surface area contributed by atoms with Crippen LogP contribution in [0.25, 0.3) is 0 Å². The lowest BCUT2D eigenvalue weighted by molar-refractivity contribution is 0.461. The molecule has 0 aliphatic carbocycles. The molecule has 2 rings (SSSR count). The number of halogens is 2. The SMILES string of the molecule is Cc1ccc(F)cc1Oc1cc(Cl)ccc1CNC(C)C. The van der Waals surface area contributed by atoms with Gasteiger partial charge in [-0.1, -0.05) is 37.6 Å². The highest BCUT2D eigenvalue weighted by atomic mass is 35.5. The topological polar surface area (TPSA) is 21.3 Å². The number of aryl methyl sites for hydroxylation is 1. The molecule has 0 spiro atoms. The summed E-state index contributed by atoms with van der Waals surface area (Å²) >= 11 is 6.04. The van der Waals surface area contributed by atoms with Gasteiger partial charge in [0.2, 0.25) is 0 Å². The second-order valence-corrected chi connectivity index (χ2v) is 5.74. The van der Waals surface area contributed by atoms with Gasteiger partial charge in [-0.3, -0.25) is 0 Å². The third-order valence-corrected chi connectivity index (χ3v) is 3.34. The van der Waals surface area contributed by atoms with Gasteiger partial charge in [0.1, 0.15) is 17.3 Å². The maximum atomic E-state index is 13.4. The van der Waals surface area contributed by atoms with Gasteiger partial charge in [0, 0.05) is 29.2 Å². The molecule has 4 heteroatoms. The van der Waals surface area contributed by atoms with Gasteiger partial charge in [0.15, 0.2) is 0 Å². The summed E-state index contributed by atoms with van der Waals surface area (Å²) in [6, 6.07) is 10.4. The minimum atomic E-state index is -0.320. The number of hydrogen-bond acceptors (Lipinski definition) is 2. The van der Waals surface area contributed by atoms with Crippen LogP contribution in [0.2, 0.25) is 5.02 Å². The third kappa shape index (κ3) is 4.45. The molecule has 0 saturated heterocycles. The van der Waals surface area contributed by atoms with Crippen LogP contribution in [0.5, 0.6) is 11.5 Å². The van der Waals surface area contributed by atoms with Crippen molar-refractivity contribution in [3.8, 4) is 11.5 Å². The minimum absolute atomic E-state index is 0.320. The maximum absolute atomic E-state index is 13.4. The predicted molar refractivity (Wildman–Crippen MR) is 84.6 cm³/mol. The molecule has 112 valence electrons. The van der Waals surface area contributed by atoms with Crippen molar-refractivity contribution in [3.63, 3.8) is 0 Å². The van der Waals surface area contributed by atoms with Crippen molar-refractivity contribution in [1.29, 1.82) is 0 Å². The summed E-state index contributed by atoms with van der Waals surface area (Å²) in [5.74, 6) is 0.826. The summed E-state index contributed by atoms with van der Waals surface area (Å²) < 4.78 is 19.2. The average molecular weight is 308 g/mol. The molecule has 0 aromatic heterocycles. The summed E-state index contributed by atoms with van der Waals surface area (Å²) in [6.07, 6.45) is 0. The van der Waals surface area contributed by atoms with E-state index in [0.717, 1.165) is 11.1 Å². The highest BCUT2D eigenvalue weighted by Gasteiger charge is 2.09. The van der Waals surface area contributed by atoms with Crippen LogP contribution < -0.4 is 10.1 Å². The first kappa shape index (κ1) is 15.8. The zero-order valence-electron chi connectivity index (χ0n) is 12.4. The number of benzene rings is 2. The average Bonchev–Trinajstić information content (AvgIpc) is 2.42. The molecule has 0 radical (unpaired) electrons. The van der Waals surface area contributed by atoms with Crippen LogP contribution in [0.3, 0.4) is 0 Å². The molecule has 0 aliphatic rings. The molecule has 0 aliphatic heterocycles. The molecule has 2 nitrogen and oxygen atoms in total. The van der Waals surface area contributed by atoms with Gasteiger partial charge in [0.05, 0.1) is 0 Å². The van der Waals surface area contributed by atoms with Crippen LogP contribution in [-0.4, -0.2) is 6.04 Å². The van der Waals surface area contributed by atoms with Crippen molar-refractivity contribution in [2.24, 2.45) is 0 Å². The van der Waals surface area contributed by atoms with Crippen LogP contribution in [0.1, 0.15) is 25.0 Å². The van der Waals surface area contributed by atoms with Gasteiger partial charge >= 0.3 is 0 Å². The highest BCUT2D eigenvalue weighted by molar-refractivity contribution is 6.30. The molecule has 0 saturated carbocycles. The van der Waals surface area contributed by atoms with E-state index < -0.39 is 0 Å². The third-order valence-electron chi connectivity index (χ3n) is 3.10. The monoisotopic (exact) mass is 307 g/mol. The van der Waals surface area contributed by atoms with E-state index in [4.69, 9.17) is 16.3 Å². The van der Waals surface area contributed by atoms with Gasteiger partial charge < -0.3 is 10.1 Å². The van der Waals surface area contributed by atoms with E-state index in [2.05, 4.69) is 19.2 Å². The quantitative estimate of drug-likeness (QED) is 0.832. The lowest BCUT2D eigenvalue weighted by atomic mass is 10.1. The van der Waals surface area contributed by atoms with Gasteiger partial charge in [0.25, 0.3) is 0 Å². The Hall–Kier alpha value is -1.58. The molecule has 1 N–H and O–H groups in total. The van der Waals surface area contributed by atoms with Crippen molar-refractivity contribution in [3.05, 3.63) is 58.4 Å². The molecule has 0 unspecified atom stereocenters. The smallest absolute Gasteiger partial charge is 0.133 e. The Morgan fingerprint density at radius 3 is 2.62 bits per heavy atom. The van der Waals surface area contributed by atoms with Gasteiger partial charge in [-0.15, -0.1) is 0 Å². The normalized spacial score (nSPS) is 11.0. The van der Waals surface area contributed by atoms with E-state index in [-0.39, 0.29) is 5.82 Å². The molecule has 0 atom stereocenters. The number of rotatable bonds is 5. The van der Waals surface area contributed by atoms with Gasteiger partial charge in [-0.2, -0.15) is 0 Å². The first-order valence-corrected chi connectivity index (χ1v) is 7.29. The summed E-state index contributed by atoms with van der Waals surface area (Å²) in [5, 5.41) is 3.93. The molecular formula is C17H19ClFNO. The maximum Gasteiger partial charge on any atom is 0.133 e. The van der Waals surface area contributed by atoms with E-state index in [1.54, 1.807) is 12.1 Å². The van der Waals surface area contributed by atoms with E-state index in [9.17, 15) is 4.39 Å². The van der Waals surface area contributed by atoms with Crippen LogP contribution in [-0.2, 0) is 6.54 Å². The zero-order valence-corrected chi connectivity index (χ0v) is 13.2. The van der Waals surface area contributed by atoms with Gasteiger partial charge in [-0.05, 0) is 30.7 Å². The standard InChI is InChI=1S/C17H19ClFNO/c1-11(2)20-10-13-5-6-14(18)8-17(13)21-16-9-15(19)7-4-12(16)3/h4-9,11,20H,10H2,1-3H3. The molecular weight excluding hydrogens is 289 g/mol. The second kappa shape index (κ2) is 6.92. The molecule has 0 amide bonds. The van der Waals surface area contributed by atoms with Crippen LogP contribution in [0, 0.1) is 12.7 Å². The Bertz CT molecular complexity index is 628. The van der Waals surface area contributed by atoms with E-state index >= 15 is 0 Å². The van der Waals surface area contributed by atoms with Crippen molar-refractivity contribution < 1.29 is 9.13 Å². The molecule has 0 bridgehead atoms. The Balaban J connectivity index is 2.29. The fourth-order valence-corrected chi connectivity index (χ4v) is 2.05. The molecule has 2 aromatic carbocycles.